The molecule has 0 spiro atoms. The number of hydrogen-bond acceptors (Lipinski definition) is 2. The molecule has 0 saturated heterocycles. The maximum absolute atomic E-state index is 5.61. The smallest absolute Gasteiger partial charge is 0.351 e. The quantitative estimate of drug-likeness (QED) is 0.522. The molecule has 0 heterocycles. The highest BCUT2D eigenvalue weighted by atomic mass is 79.9. The van der Waals surface area contributed by atoms with Gasteiger partial charge in [0, 0.05) is 14.2 Å². The van der Waals surface area contributed by atoms with E-state index in [-0.39, 0.29) is 0 Å². The van der Waals surface area contributed by atoms with Crippen LogP contribution in [0, 0.1) is 0 Å². The number of rotatable bonds is 7. The largest absolute Gasteiger partial charge is 0.397 e. The van der Waals surface area contributed by atoms with Crippen LogP contribution >= 0.6 is 15.9 Å². The third-order valence-electron chi connectivity index (χ3n) is 2.41. The number of halogens is 1. The second-order valence-electron chi connectivity index (χ2n) is 3.20. The van der Waals surface area contributed by atoms with Gasteiger partial charge >= 0.3 is 8.56 Å². The molecular weight excluding hydrogens is 248 g/mol. The molecule has 0 aromatic carbocycles. The maximum atomic E-state index is 5.61. The van der Waals surface area contributed by atoms with Crippen LogP contribution in [0.5, 0.6) is 0 Å². The summed E-state index contributed by atoms with van der Waals surface area (Å²) in [5.41, 5.74) is 0. The molecule has 13 heavy (non-hydrogen) atoms. The molecule has 0 radical (unpaired) electrons. The van der Waals surface area contributed by atoms with Gasteiger partial charge in [0.25, 0.3) is 0 Å². The summed E-state index contributed by atoms with van der Waals surface area (Å²) in [6.07, 6.45) is 3.46. The zero-order valence-corrected chi connectivity index (χ0v) is 11.7. The summed E-state index contributed by atoms with van der Waals surface area (Å²) in [6.45, 7) is 4.35. The third kappa shape index (κ3) is 3.70. The average molecular weight is 269 g/mol. The second-order valence-corrected chi connectivity index (χ2v) is 8.79. The molecule has 0 rings (SSSR count). The lowest BCUT2D eigenvalue weighted by Gasteiger charge is -2.31. The fourth-order valence-corrected chi connectivity index (χ4v) is 6.11. The molecule has 1 atom stereocenters. The molecule has 0 aliphatic rings. The normalized spacial score (nSPS) is 14.5. The van der Waals surface area contributed by atoms with E-state index in [1.807, 2.05) is 0 Å². The topological polar surface area (TPSA) is 18.5 Å². The van der Waals surface area contributed by atoms with Gasteiger partial charge in [-0.05, 0) is 12.5 Å². The van der Waals surface area contributed by atoms with E-state index in [1.54, 1.807) is 14.2 Å². The zero-order valence-electron chi connectivity index (χ0n) is 9.10. The summed E-state index contributed by atoms with van der Waals surface area (Å²) in [5, 5.41) is 0. The lowest BCUT2D eigenvalue weighted by molar-refractivity contribution is 0.238. The van der Waals surface area contributed by atoms with Crippen molar-refractivity contribution in [3.63, 3.8) is 0 Å². The van der Waals surface area contributed by atoms with Crippen molar-refractivity contribution in [2.45, 2.75) is 43.6 Å². The van der Waals surface area contributed by atoms with Crippen molar-refractivity contribution >= 4 is 24.5 Å². The lowest BCUT2D eigenvalue weighted by Crippen LogP contribution is -2.49. The van der Waals surface area contributed by atoms with Crippen LogP contribution in [0.4, 0.5) is 0 Å². The Balaban J connectivity index is 4.29. The van der Waals surface area contributed by atoms with Gasteiger partial charge < -0.3 is 8.85 Å². The lowest BCUT2D eigenvalue weighted by atomic mass is 10.4. The predicted octanol–water partition coefficient (Wildman–Crippen LogP) is 3.23. The van der Waals surface area contributed by atoms with Gasteiger partial charge in [0.2, 0.25) is 0 Å². The molecule has 0 aliphatic carbocycles. The van der Waals surface area contributed by atoms with Crippen molar-refractivity contribution in [2.75, 3.05) is 14.2 Å². The Bertz CT molecular complexity index is 129. The van der Waals surface area contributed by atoms with Crippen LogP contribution in [-0.2, 0) is 8.85 Å². The molecule has 0 N–H and O–H groups in total. The summed E-state index contributed by atoms with van der Waals surface area (Å²) < 4.78 is 11.6. The van der Waals surface area contributed by atoms with Crippen molar-refractivity contribution in [1.82, 2.24) is 0 Å². The van der Waals surface area contributed by atoms with Gasteiger partial charge in [-0.3, -0.25) is 0 Å². The molecule has 0 amide bonds. The van der Waals surface area contributed by atoms with Crippen LogP contribution in [0.15, 0.2) is 0 Å². The standard InChI is InChI=1S/C9H21BrO2Si/c1-5-7-8-13(11-3,12-4)9(10)6-2/h9H,5-8H2,1-4H3. The monoisotopic (exact) mass is 268 g/mol. The van der Waals surface area contributed by atoms with Crippen molar-refractivity contribution in [3.8, 4) is 0 Å². The van der Waals surface area contributed by atoms with Crippen molar-refractivity contribution in [2.24, 2.45) is 0 Å². The summed E-state index contributed by atoms with van der Waals surface area (Å²) in [4.78, 5) is 0. The van der Waals surface area contributed by atoms with Crippen molar-refractivity contribution in [1.29, 1.82) is 0 Å². The van der Waals surface area contributed by atoms with E-state index in [0.717, 1.165) is 12.5 Å². The summed E-state index contributed by atoms with van der Waals surface area (Å²) in [6, 6.07) is 1.08. The fourth-order valence-electron chi connectivity index (χ4n) is 1.43. The Morgan fingerprint density at radius 2 is 1.77 bits per heavy atom. The molecule has 0 aromatic rings. The average Bonchev–Trinajstić information content (AvgIpc) is 2.19. The van der Waals surface area contributed by atoms with E-state index in [1.165, 1.54) is 12.8 Å². The Morgan fingerprint density at radius 1 is 1.23 bits per heavy atom. The SMILES string of the molecule is CCCC[Si](OC)(OC)C(Br)CC. The van der Waals surface area contributed by atoms with Crippen molar-refractivity contribution in [3.05, 3.63) is 0 Å². The van der Waals surface area contributed by atoms with E-state index in [2.05, 4.69) is 29.8 Å². The van der Waals surface area contributed by atoms with Crippen molar-refractivity contribution < 1.29 is 8.85 Å². The molecule has 0 aliphatic heterocycles. The van der Waals surface area contributed by atoms with Crippen LogP contribution in [0.2, 0.25) is 6.04 Å². The summed E-state index contributed by atoms with van der Waals surface area (Å²) in [5.74, 6) is 0. The second kappa shape index (κ2) is 6.98. The Kier molecular flexibility index (Phi) is 7.31. The minimum absolute atomic E-state index is 0.404. The fraction of sp³-hybridized carbons (Fsp3) is 1.00. The molecule has 2 nitrogen and oxygen atoms in total. The van der Waals surface area contributed by atoms with Crippen LogP contribution in [0.1, 0.15) is 33.1 Å². The third-order valence-corrected chi connectivity index (χ3v) is 8.94. The van der Waals surface area contributed by atoms with Gasteiger partial charge in [-0.1, -0.05) is 42.6 Å². The Hall–Kier alpha value is 0.617. The van der Waals surface area contributed by atoms with E-state index in [0.29, 0.717) is 4.45 Å². The van der Waals surface area contributed by atoms with Gasteiger partial charge in [0.1, 0.15) is 0 Å². The number of alkyl halides is 1. The van der Waals surface area contributed by atoms with Crippen LogP contribution in [0.25, 0.3) is 0 Å². The molecule has 0 saturated carbocycles. The van der Waals surface area contributed by atoms with E-state index in [4.69, 9.17) is 8.85 Å². The molecule has 0 fully saturated rings. The van der Waals surface area contributed by atoms with E-state index < -0.39 is 8.56 Å². The van der Waals surface area contributed by atoms with Crippen LogP contribution in [0.3, 0.4) is 0 Å². The van der Waals surface area contributed by atoms with E-state index in [9.17, 15) is 0 Å². The van der Waals surface area contributed by atoms with E-state index >= 15 is 0 Å². The highest BCUT2D eigenvalue weighted by Crippen LogP contribution is 2.27. The first-order valence-corrected chi connectivity index (χ1v) is 7.92. The summed E-state index contributed by atoms with van der Waals surface area (Å²) >= 11 is 3.66. The molecular formula is C9H21BrO2Si. The minimum atomic E-state index is -1.95. The van der Waals surface area contributed by atoms with Gasteiger partial charge in [0.05, 0.1) is 4.45 Å². The predicted molar refractivity (Wildman–Crippen MR) is 62.5 cm³/mol. The first-order chi connectivity index (χ1) is 6.16. The first-order valence-electron chi connectivity index (χ1n) is 4.91. The molecule has 0 aromatic heterocycles. The molecule has 4 heteroatoms. The van der Waals surface area contributed by atoms with Gasteiger partial charge in [-0.15, -0.1) is 0 Å². The van der Waals surface area contributed by atoms with Gasteiger partial charge in [0.15, 0.2) is 0 Å². The van der Waals surface area contributed by atoms with Gasteiger partial charge in [-0.25, -0.2) is 0 Å². The maximum Gasteiger partial charge on any atom is 0.351 e. The number of hydrogen-bond donors (Lipinski definition) is 0. The Labute approximate surface area is 91.4 Å². The Morgan fingerprint density at radius 3 is 2.08 bits per heavy atom. The number of unbranched alkanes of at least 4 members (excludes halogenated alkanes) is 1. The molecule has 80 valence electrons. The highest BCUT2D eigenvalue weighted by molar-refractivity contribution is 9.10. The summed E-state index contributed by atoms with van der Waals surface area (Å²) in [7, 11) is 1.60. The highest BCUT2D eigenvalue weighted by Gasteiger charge is 2.41. The van der Waals surface area contributed by atoms with Crippen LogP contribution < -0.4 is 0 Å². The zero-order chi connectivity index (χ0) is 10.3. The minimum Gasteiger partial charge on any atom is -0.397 e. The van der Waals surface area contributed by atoms with Crippen LogP contribution in [-0.4, -0.2) is 27.2 Å². The van der Waals surface area contributed by atoms with Gasteiger partial charge in [-0.2, -0.15) is 0 Å². The first kappa shape index (κ1) is 13.6. The molecule has 1 unspecified atom stereocenters. The molecule has 0 bridgehead atoms.